The van der Waals surface area contributed by atoms with Crippen molar-refractivity contribution in [2.45, 2.75) is 6.10 Å². The first-order chi connectivity index (χ1) is 9.28. The van der Waals surface area contributed by atoms with Crippen LogP contribution in [0.4, 0.5) is 11.5 Å². The summed E-state index contributed by atoms with van der Waals surface area (Å²) in [6.07, 6.45) is 0.979. The van der Waals surface area contributed by atoms with Crippen molar-refractivity contribution < 1.29 is 9.53 Å². The zero-order chi connectivity index (χ0) is 13.2. The van der Waals surface area contributed by atoms with Crippen molar-refractivity contribution in [3.05, 3.63) is 48.2 Å². The summed E-state index contributed by atoms with van der Waals surface area (Å²) in [5.74, 6) is 0.851. The summed E-state index contributed by atoms with van der Waals surface area (Å²) in [5.41, 5.74) is 1.80. The Balaban J connectivity index is 1.91. The van der Waals surface area contributed by atoms with Gasteiger partial charge in [-0.3, -0.25) is 4.79 Å². The number of hydrogen-bond acceptors (Lipinski definition) is 4. The number of fused-ring (bicyclic) bond motifs is 1. The van der Waals surface area contributed by atoms with Crippen molar-refractivity contribution in [1.29, 1.82) is 0 Å². The quantitative estimate of drug-likeness (QED) is 0.863. The molecule has 0 saturated carbocycles. The molecule has 0 bridgehead atoms. The highest BCUT2D eigenvalue weighted by molar-refractivity contribution is 5.97. The number of benzene rings is 1. The first-order valence-corrected chi connectivity index (χ1v) is 5.98. The fourth-order valence-electron chi connectivity index (χ4n) is 1.99. The number of ether oxygens (including phenoxy) is 1. The Hall–Kier alpha value is -2.56. The fraction of sp³-hybridized carbons (Fsp3) is 0.143. The van der Waals surface area contributed by atoms with Crippen LogP contribution in [0.5, 0.6) is 5.75 Å². The lowest BCUT2D eigenvalue weighted by Gasteiger charge is -2.25. The minimum absolute atomic E-state index is 0.205. The molecule has 1 unspecified atom stereocenters. The van der Waals surface area contributed by atoms with Crippen LogP contribution in [0.25, 0.3) is 0 Å². The lowest BCUT2D eigenvalue weighted by Crippen LogP contribution is -2.30. The Morgan fingerprint density at radius 3 is 2.79 bits per heavy atom. The van der Waals surface area contributed by atoms with E-state index in [2.05, 4.69) is 15.6 Å². The maximum Gasteiger partial charge on any atom is 0.271 e. The van der Waals surface area contributed by atoms with Crippen molar-refractivity contribution >= 4 is 17.4 Å². The van der Waals surface area contributed by atoms with Crippen molar-refractivity contribution in [3.63, 3.8) is 0 Å². The van der Waals surface area contributed by atoms with Gasteiger partial charge in [0.25, 0.3) is 5.91 Å². The lowest BCUT2D eigenvalue weighted by atomic mass is 10.1. The van der Waals surface area contributed by atoms with Gasteiger partial charge in [-0.25, -0.2) is 4.98 Å². The van der Waals surface area contributed by atoms with E-state index in [4.69, 9.17) is 4.74 Å². The molecule has 1 atom stereocenters. The number of nitrogens with zero attached hydrogens (tertiary/aromatic N) is 1. The molecule has 5 nitrogen and oxygen atoms in total. The maximum atomic E-state index is 12.0. The number of pyridine rings is 1. The van der Waals surface area contributed by atoms with Gasteiger partial charge in [-0.15, -0.1) is 0 Å². The molecule has 2 heterocycles. The van der Waals surface area contributed by atoms with Gasteiger partial charge in [0.2, 0.25) is 6.10 Å². The minimum atomic E-state index is -0.636. The highest BCUT2D eigenvalue weighted by atomic mass is 16.5. The molecule has 0 saturated heterocycles. The molecule has 0 aliphatic carbocycles. The van der Waals surface area contributed by atoms with Crippen LogP contribution in [0.1, 0.15) is 11.7 Å². The Bertz CT molecular complexity index is 610. The second-order valence-electron chi connectivity index (χ2n) is 4.21. The third kappa shape index (κ3) is 2.10. The van der Waals surface area contributed by atoms with Crippen LogP contribution in [-0.2, 0) is 4.79 Å². The van der Waals surface area contributed by atoms with Crippen molar-refractivity contribution in [1.82, 2.24) is 4.98 Å². The molecule has 19 heavy (non-hydrogen) atoms. The molecular weight excluding hydrogens is 242 g/mol. The molecule has 1 aliphatic rings. The van der Waals surface area contributed by atoms with E-state index in [1.54, 1.807) is 18.3 Å². The molecule has 2 aromatic rings. The molecule has 2 N–H and O–H groups in total. The SMILES string of the molecule is CNc1ccc(C2Oc3cccnc3NC2=O)cc1. The van der Waals surface area contributed by atoms with Gasteiger partial charge in [-0.05, 0) is 24.3 Å². The second kappa shape index (κ2) is 4.61. The van der Waals surface area contributed by atoms with Crippen LogP contribution in [0.15, 0.2) is 42.6 Å². The number of aromatic nitrogens is 1. The largest absolute Gasteiger partial charge is 0.472 e. The molecule has 1 amide bonds. The molecule has 0 spiro atoms. The zero-order valence-electron chi connectivity index (χ0n) is 10.4. The Morgan fingerprint density at radius 1 is 1.26 bits per heavy atom. The molecule has 0 fully saturated rings. The fourth-order valence-corrected chi connectivity index (χ4v) is 1.99. The summed E-state index contributed by atoms with van der Waals surface area (Å²) in [4.78, 5) is 16.1. The average Bonchev–Trinajstić information content (AvgIpc) is 2.47. The number of carbonyl (C=O) groups is 1. The van der Waals surface area contributed by atoms with Crippen molar-refractivity contribution in [2.75, 3.05) is 17.7 Å². The van der Waals surface area contributed by atoms with E-state index in [1.165, 1.54) is 0 Å². The van der Waals surface area contributed by atoms with E-state index in [1.807, 2.05) is 31.3 Å². The number of carbonyl (C=O) groups excluding carboxylic acids is 1. The van der Waals surface area contributed by atoms with E-state index >= 15 is 0 Å². The number of amides is 1. The summed E-state index contributed by atoms with van der Waals surface area (Å²) in [5, 5.41) is 5.78. The summed E-state index contributed by atoms with van der Waals surface area (Å²) in [7, 11) is 1.85. The van der Waals surface area contributed by atoms with Crippen LogP contribution in [0, 0.1) is 0 Å². The first kappa shape index (κ1) is 11.5. The van der Waals surface area contributed by atoms with Gasteiger partial charge in [0, 0.05) is 24.5 Å². The topological polar surface area (TPSA) is 63.2 Å². The van der Waals surface area contributed by atoms with E-state index in [9.17, 15) is 4.79 Å². The van der Waals surface area contributed by atoms with E-state index in [0.29, 0.717) is 11.6 Å². The summed E-state index contributed by atoms with van der Waals surface area (Å²) < 4.78 is 5.71. The summed E-state index contributed by atoms with van der Waals surface area (Å²) in [6, 6.07) is 11.1. The lowest BCUT2D eigenvalue weighted by molar-refractivity contribution is -0.123. The number of anilines is 2. The van der Waals surface area contributed by atoms with E-state index in [-0.39, 0.29) is 5.91 Å². The van der Waals surface area contributed by atoms with E-state index < -0.39 is 6.10 Å². The van der Waals surface area contributed by atoms with Gasteiger partial charge in [0.1, 0.15) is 0 Å². The van der Waals surface area contributed by atoms with Crippen LogP contribution in [-0.4, -0.2) is 17.9 Å². The zero-order valence-corrected chi connectivity index (χ0v) is 10.4. The average molecular weight is 255 g/mol. The number of nitrogens with one attached hydrogen (secondary N) is 2. The standard InChI is InChI=1S/C14H13N3O2/c1-15-10-6-4-9(5-7-10)12-14(18)17-13-11(19-12)3-2-8-16-13/h2-8,12,15H,1H3,(H,16,17,18). The molecule has 1 aliphatic heterocycles. The normalized spacial score (nSPS) is 17.1. The smallest absolute Gasteiger partial charge is 0.271 e. The van der Waals surface area contributed by atoms with Gasteiger partial charge in [0.15, 0.2) is 11.6 Å². The molecule has 1 aromatic heterocycles. The van der Waals surface area contributed by atoms with Gasteiger partial charge in [-0.2, -0.15) is 0 Å². The molecule has 0 radical (unpaired) electrons. The van der Waals surface area contributed by atoms with Gasteiger partial charge >= 0.3 is 0 Å². The van der Waals surface area contributed by atoms with Crippen molar-refractivity contribution in [2.24, 2.45) is 0 Å². The third-order valence-corrected chi connectivity index (χ3v) is 3.00. The van der Waals surface area contributed by atoms with Crippen LogP contribution >= 0.6 is 0 Å². The molecule has 3 rings (SSSR count). The predicted molar refractivity (Wildman–Crippen MR) is 72.2 cm³/mol. The Morgan fingerprint density at radius 2 is 2.05 bits per heavy atom. The first-order valence-electron chi connectivity index (χ1n) is 5.98. The Labute approximate surface area is 110 Å². The van der Waals surface area contributed by atoms with Crippen LogP contribution in [0.2, 0.25) is 0 Å². The van der Waals surface area contributed by atoms with Gasteiger partial charge in [-0.1, -0.05) is 12.1 Å². The third-order valence-electron chi connectivity index (χ3n) is 3.00. The second-order valence-corrected chi connectivity index (χ2v) is 4.21. The number of hydrogen-bond donors (Lipinski definition) is 2. The van der Waals surface area contributed by atoms with Crippen LogP contribution < -0.4 is 15.4 Å². The van der Waals surface area contributed by atoms with E-state index in [0.717, 1.165) is 11.3 Å². The summed E-state index contributed by atoms with van der Waals surface area (Å²) >= 11 is 0. The minimum Gasteiger partial charge on any atom is -0.472 e. The Kier molecular flexibility index (Phi) is 2.79. The highest BCUT2D eigenvalue weighted by Crippen LogP contribution is 2.33. The predicted octanol–water partition coefficient (Wildman–Crippen LogP) is 2.20. The molecular formula is C14H13N3O2. The van der Waals surface area contributed by atoms with Gasteiger partial charge in [0.05, 0.1) is 0 Å². The van der Waals surface area contributed by atoms with Crippen LogP contribution in [0.3, 0.4) is 0 Å². The molecule has 5 heteroatoms. The monoisotopic (exact) mass is 255 g/mol. The highest BCUT2D eigenvalue weighted by Gasteiger charge is 2.29. The summed E-state index contributed by atoms with van der Waals surface area (Å²) in [6.45, 7) is 0. The van der Waals surface area contributed by atoms with Gasteiger partial charge < -0.3 is 15.4 Å². The van der Waals surface area contributed by atoms with Crippen molar-refractivity contribution in [3.8, 4) is 5.75 Å². The maximum absolute atomic E-state index is 12.0. The molecule has 96 valence electrons. The number of rotatable bonds is 2. The molecule has 1 aromatic carbocycles.